The third kappa shape index (κ3) is 3.80. The molecule has 1 N–H and O–H groups in total. The van der Waals surface area contributed by atoms with Crippen LogP contribution >= 0.6 is 0 Å². The Kier molecular flexibility index (Phi) is 4.84. The van der Waals surface area contributed by atoms with Crippen LogP contribution in [0.4, 0.5) is 5.69 Å². The minimum absolute atomic E-state index is 0.0580. The molecule has 0 saturated carbocycles. The normalized spacial score (nSPS) is 10.4. The minimum atomic E-state index is -0.208. The van der Waals surface area contributed by atoms with E-state index >= 15 is 0 Å². The molecule has 0 radical (unpaired) electrons. The Morgan fingerprint density at radius 2 is 1.62 bits per heavy atom. The van der Waals surface area contributed by atoms with Gasteiger partial charge in [-0.15, -0.1) is 0 Å². The van der Waals surface area contributed by atoms with Crippen LogP contribution in [0.5, 0.6) is 0 Å². The number of nitrogens with one attached hydrogen (secondary N) is 1. The van der Waals surface area contributed by atoms with Gasteiger partial charge in [0.2, 0.25) is 0 Å². The lowest BCUT2D eigenvalue weighted by Crippen LogP contribution is -2.21. The fourth-order valence-corrected chi connectivity index (χ4v) is 2.62. The molecule has 1 heterocycles. The van der Waals surface area contributed by atoms with Crippen molar-refractivity contribution in [1.82, 2.24) is 14.7 Å². The summed E-state index contributed by atoms with van der Waals surface area (Å²) in [5.41, 5.74) is 3.54. The van der Waals surface area contributed by atoms with Crippen molar-refractivity contribution in [3.05, 3.63) is 72.1 Å². The number of carbonyl (C=O) groups is 2. The first-order valence-electron chi connectivity index (χ1n) is 8.16. The molecule has 0 unspecified atom stereocenters. The number of hydrogen-bond acceptors (Lipinski definition) is 3. The molecule has 6 nitrogen and oxygen atoms in total. The molecular weight excluding hydrogens is 328 g/mol. The lowest BCUT2D eigenvalue weighted by Gasteiger charge is -2.11. The van der Waals surface area contributed by atoms with E-state index in [-0.39, 0.29) is 11.8 Å². The zero-order valence-corrected chi connectivity index (χ0v) is 14.9. The van der Waals surface area contributed by atoms with E-state index in [1.54, 1.807) is 50.4 Å². The van der Waals surface area contributed by atoms with E-state index in [2.05, 4.69) is 10.4 Å². The van der Waals surface area contributed by atoms with Crippen molar-refractivity contribution in [3.8, 4) is 11.1 Å². The van der Waals surface area contributed by atoms with Gasteiger partial charge in [-0.2, -0.15) is 5.10 Å². The van der Waals surface area contributed by atoms with Gasteiger partial charge >= 0.3 is 0 Å². The Bertz CT molecular complexity index is 960. The highest BCUT2D eigenvalue weighted by Gasteiger charge is 2.11. The fraction of sp³-hybridized carbons (Fsp3) is 0.150. The minimum Gasteiger partial charge on any atom is -0.345 e. The maximum atomic E-state index is 12.5. The van der Waals surface area contributed by atoms with Crippen molar-refractivity contribution >= 4 is 17.5 Å². The highest BCUT2D eigenvalue weighted by atomic mass is 16.2. The van der Waals surface area contributed by atoms with Crippen LogP contribution < -0.4 is 5.32 Å². The second kappa shape index (κ2) is 7.23. The molecule has 1 aromatic heterocycles. The first kappa shape index (κ1) is 17.4. The molecule has 0 atom stereocenters. The molecule has 26 heavy (non-hydrogen) atoms. The number of amides is 2. The van der Waals surface area contributed by atoms with Crippen LogP contribution in [-0.4, -0.2) is 40.6 Å². The summed E-state index contributed by atoms with van der Waals surface area (Å²) in [5, 5.41) is 6.85. The number of benzene rings is 2. The average molecular weight is 348 g/mol. The van der Waals surface area contributed by atoms with Crippen LogP contribution in [0.3, 0.4) is 0 Å². The number of aryl methyl sites for hydroxylation is 1. The number of carbonyl (C=O) groups excluding carboxylic acids is 2. The van der Waals surface area contributed by atoms with Gasteiger partial charge in [-0.3, -0.25) is 14.3 Å². The van der Waals surface area contributed by atoms with E-state index in [0.29, 0.717) is 16.8 Å². The summed E-state index contributed by atoms with van der Waals surface area (Å²) in [6.45, 7) is 0. The van der Waals surface area contributed by atoms with Crippen molar-refractivity contribution in [2.24, 2.45) is 7.05 Å². The average Bonchev–Trinajstić information content (AvgIpc) is 3.06. The molecule has 132 valence electrons. The molecule has 0 fully saturated rings. The summed E-state index contributed by atoms with van der Waals surface area (Å²) in [6.07, 6.45) is 3.33. The fourth-order valence-electron chi connectivity index (χ4n) is 2.62. The van der Waals surface area contributed by atoms with Gasteiger partial charge in [0, 0.05) is 38.5 Å². The third-order valence-corrected chi connectivity index (χ3v) is 3.94. The van der Waals surface area contributed by atoms with Crippen molar-refractivity contribution in [2.45, 2.75) is 0 Å². The van der Waals surface area contributed by atoms with Gasteiger partial charge in [0.05, 0.1) is 11.9 Å². The van der Waals surface area contributed by atoms with E-state index in [4.69, 9.17) is 0 Å². The Hall–Kier alpha value is -3.41. The molecule has 0 bridgehead atoms. The SMILES string of the molecule is CN(C)C(=O)c1cccc(-c2cccc(C(=O)Nc3cnn(C)c3)c2)c1. The van der Waals surface area contributed by atoms with Gasteiger partial charge in [0.15, 0.2) is 0 Å². The molecule has 3 aromatic rings. The standard InChI is InChI=1S/C20H20N4O2/c1-23(2)20(26)17-9-5-7-15(11-17)14-6-4-8-16(10-14)19(25)22-18-12-21-24(3)13-18/h4-13H,1-3H3,(H,22,25). The van der Waals surface area contributed by atoms with Gasteiger partial charge in [-0.1, -0.05) is 24.3 Å². The Morgan fingerprint density at radius 1 is 1.00 bits per heavy atom. The smallest absolute Gasteiger partial charge is 0.255 e. The molecule has 2 amide bonds. The largest absolute Gasteiger partial charge is 0.345 e. The summed E-state index contributed by atoms with van der Waals surface area (Å²) in [7, 11) is 5.23. The number of nitrogens with zero attached hydrogens (tertiary/aromatic N) is 3. The van der Waals surface area contributed by atoms with Gasteiger partial charge in [0.25, 0.3) is 11.8 Å². The van der Waals surface area contributed by atoms with Gasteiger partial charge < -0.3 is 10.2 Å². The predicted octanol–water partition coefficient (Wildman–Crippen LogP) is 3.04. The van der Waals surface area contributed by atoms with Crippen molar-refractivity contribution in [1.29, 1.82) is 0 Å². The Balaban J connectivity index is 1.86. The van der Waals surface area contributed by atoms with Gasteiger partial charge in [-0.05, 0) is 35.4 Å². The monoisotopic (exact) mass is 348 g/mol. The molecule has 2 aromatic carbocycles. The van der Waals surface area contributed by atoms with Gasteiger partial charge in [-0.25, -0.2) is 0 Å². The van der Waals surface area contributed by atoms with Crippen LogP contribution in [0.1, 0.15) is 20.7 Å². The number of rotatable bonds is 4. The summed E-state index contributed by atoms with van der Waals surface area (Å²) < 4.78 is 1.62. The zero-order chi connectivity index (χ0) is 18.7. The van der Waals surface area contributed by atoms with Crippen LogP contribution in [0.2, 0.25) is 0 Å². The van der Waals surface area contributed by atoms with Crippen LogP contribution in [0.15, 0.2) is 60.9 Å². The molecule has 0 aliphatic heterocycles. The van der Waals surface area contributed by atoms with E-state index < -0.39 is 0 Å². The van der Waals surface area contributed by atoms with E-state index in [0.717, 1.165) is 11.1 Å². The number of anilines is 1. The van der Waals surface area contributed by atoms with E-state index in [1.807, 2.05) is 36.4 Å². The maximum absolute atomic E-state index is 12.5. The summed E-state index contributed by atoms with van der Waals surface area (Å²) in [4.78, 5) is 26.2. The quantitative estimate of drug-likeness (QED) is 0.788. The lowest BCUT2D eigenvalue weighted by atomic mass is 10.0. The highest BCUT2D eigenvalue weighted by molar-refractivity contribution is 6.05. The summed E-state index contributed by atoms with van der Waals surface area (Å²) in [6, 6.07) is 14.7. The molecular formula is C20H20N4O2. The molecule has 0 aliphatic rings. The second-order valence-corrected chi connectivity index (χ2v) is 6.22. The molecule has 3 rings (SSSR count). The molecule has 0 aliphatic carbocycles. The molecule has 6 heteroatoms. The first-order chi connectivity index (χ1) is 12.4. The van der Waals surface area contributed by atoms with Crippen LogP contribution in [0, 0.1) is 0 Å². The Labute approximate surface area is 152 Å². The molecule has 0 spiro atoms. The summed E-state index contributed by atoms with van der Waals surface area (Å²) >= 11 is 0. The maximum Gasteiger partial charge on any atom is 0.255 e. The predicted molar refractivity (Wildman–Crippen MR) is 101 cm³/mol. The highest BCUT2D eigenvalue weighted by Crippen LogP contribution is 2.22. The zero-order valence-electron chi connectivity index (χ0n) is 14.9. The molecule has 0 saturated heterocycles. The van der Waals surface area contributed by atoms with Crippen molar-refractivity contribution in [2.75, 3.05) is 19.4 Å². The van der Waals surface area contributed by atoms with Crippen LogP contribution in [0.25, 0.3) is 11.1 Å². The Morgan fingerprint density at radius 3 is 2.19 bits per heavy atom. The second-order valence-electron chi connectivity index (χ2n) is 6.22. The summed E-state index contributed by atoms with van der Waals surface area (Å²) in [5.74, 6) is -0.266. The topological polar surface area (TPSA) is 67.2 Å². The van der Waals surface area contributed by atoms with Crippen molar-refractivity contribution < 1.29 is 9.59 Å². The number of aromatic nitrogens is 2. The third-order valence-electron chi connectivity index (χ3n) is 3.94. The van der Waals surface area contributed by atoms with Crippen LogP contribution in [-0.2, 0) is 7.05 Å². The lowest BCUT2D eigenvalue weighted by molar-refractivity contribution is 0.0827. The first-order valence-corrected chi connectivity index (χ1v) is 8.16. The van der Waals surface area contributed by atoms with Gasteiger partial charge in [0.1, 0.15) is 0 Å². The van der Waals surface area contributed by atoms with Crippen molar-refractivity contribution in [3.63, 3.8) is 0 Å². The number of hydrogen-bond donors (Lipinski definition) is 1. The van der Waals surface area contributed by atoms with E-state index in [1.165, 1.54) is 4.90 Å². The van der Waals surface area contributed by atoms with E-state index in [9.17, 15) is 9.59 Å².